The molecule has 3 fully saturated rings. The third-order valence-electron chi connectivity index (χ3n) is 17.8. The number of phosphoric acid groups is 1. The highest BCUT2D eigenvalue weighted by Gasteiger charge is 2.45. The fourth-order valence-corrected chi connectivity index (χ4v) is 14.7. The van der Waals surface area contributed by atoms with E-state index in [1.165, 1.54) is 20.8 Å². The van der Waals surface area contributed by atoms with Gasteiger partial charge in [-0.1, -0.05) is 105 Å². The zero-order chi connectivity index (χ0) is 69.8. The maximum Gasteiger partial charge on any atom is 0.469 e. The van der Waals surface area contributed by atoms with E-state index in [0.717, 1.165) is 60.5 Å². The number of amides is 13. The number of benzene rings is 3. The molecule has 0 radical (unpaired) electrons. The molecule has 3 aromatic rings. The summed E-state index contributed by atoms with van der Waals surface area (Å²) in [6.45, 7) is 5.12. The SMILES string of the molecule is CC(=O)N[C@@H](CCCCNC(=O)CCCC[C@@H]1SC[C@@H]2NC(=O)N[C@@H]21)C(=O)N[C@@H](C)C(=O)N[C@@H](C)C(=O)N[C@@H](CC1CCCCC1)C(=O)N[C@H](C(=O)N1Cc2ccccc2C[C@H]1C(=O)N[C@@H](Cc1ccc2ccccc2c1)C(=O)N[C@@H](CCC(N)=O)C(N)=O)[C@@H](C)OP(=O)(O)O. The summed E-state index contributed by atoms with van der Waals surface area (Å²) in [6, 6.07) is 8.37. The second-order valence-corrected chi connectivity index (χ2v) is 27.8. The number of rotatable bonds is 35. The lowest BCUT2D eigenvalue weighted by Gasteiger charge is -2.40. The number of fused-ring (bicyclic) bond motifs is 3. The van der Waals surface area contributed by atoms with Gasteiger partial charge < -0.3 is 79.3 Å². The van der Waals surface area contributed by atoms with Crippen LogP contribution < -0.4 is 64.6 Å². The van der Waals surface area contributed by atoms with E-state index < -0.39 is 121 Å². The summed E-state index contributed by atoms with van der Waals surface area (Å²) in [5.74, 6) is -7.74. The molecule has 1 saturated carbocycles. The molecule has 2 saturated heterocycles. The Morgan fingerprint density at radius 2 is 1.33 bits per heavy atom. The molecule has 0 bridgehead atoms. The van der Waals surface area contributed by atoms with Crippen LogP contribution in [0.15, 0.2) is 66.7 Å². The number of phosphoric ester groups is 1. The Morgan fingerprint density at radius 1 is 0.688 bits per heavy atom. The van der Waals surface area contributed by atoms with Crippen molar-refractivity contribution >= 4 is 101 Å². The first-order valence-corrected chi connectivity index (χ1v) is 35.4. The monoisotopic (exact) mass is 1370 g/mol. The van der Waals surface area contributed by atoms with Gasteiger partial charge in [-0.05, 0) is 99.1 Å². The van der Waals surface area contributed by atoms with Crippen molar-refractivity contribution in [2.45, 2.75) is 215 Å². The molecular weight excluding hydrogens is 1280 g/mol. The molecule has 29 nitrogen and oxygen atoms in total. The quantitative estimate of drug-likeness (QED) is 0.0222. The third kappa shape index (κ3) is 22.7. The first-order valence-electron chi connectivity index (χ1n) is 32.8. The standard InChI is InChI=1S/C65H92N13O16PS/c1-36(70-60(85)47(71-39(4)79)22-14-15-29-68-54(81)24-13-12-23-52-56-50(35-96-52)75-65(90)77-56)58(83)69-37(2)59(84)73-48(31-40-16-6-5-7-17-40)62(87)76-55(38(3)94-95(91,92)93)64(89)78-34-45-21-11-10-20-44(45)33-51(78)63(88)74-49(61(86)72-46(57(67)82)27-28-53(66)80)32-41-25-26-42-18-8-9-19-43(42)30-41/h8-11,18-21,25-26,30,36-38,40,46-52,55-56H,5-7,12-17,22-24,27-29,31-35H2,1-4H3,(H2,66,80)(H2,67,82)(H,68,81)(H,69,83)(H,70,85)(H,71,79)(H,72,86)(H,73,84)(H,74,88)(H,76,87)(H2,75,77,90)(H2,91,92,93)/t36-,37-,38+,46-,47-,48-,49-,50-,51-,52-,55-,56-/m0/s1. The highest BCUT2D eigenvalue weighted by atomic mass is 32.2. The van der Waals surface area contributed by atoms with E-state index in [2.05, 4.69) is 53.2 Å². The van der Waals surface area contributed by atoms with E-state index in [0.29, 0.717) is 67.0 Å². The maximum atomic E-state index is 15.4. The lowest BCUT2D eigenvalue weighted by Crippen LogP contribution is -2.63. The van der Waals surface area contributed by atoms with Crippen LogP contribution in [0.1, 0.15) is 141 Å². The van der Waals surface area contributed by atoms with Crippen molar-refractivity contribution in [2.75, 3.05) is 12.3 Å². The number of primary amides is 2. The van der Waals surface area contributed by atoms with Crippen LogP contribution in [0.4, 0.5) is 4.79 Å². The van der Waals surface area contributed by atoms with Crippen LogP contribution in [0.25, 0.3) is 10.8 Å². The van der Waals surface area contributed by atoms with E-state index in [9.17, 15) is 62.3 Å². The molecule has 13 amide bonds. The van der Waals surface area contributed by atoms with Gasteiger partial charge in [0.15, 0.2) is 0 Å². The van der Waals surface area contributed by atoms with Crippen molar-refractivity contribution in [3.63, 3.8) is 0 Å². The Balaban J connectivity index is 1.01. The summed E-state index contributed by atoms with van der Waals surface area (Å²) in [7, 11) is -5.43. The van der Waals surface area contributed by atoms with Crippen molar-refractivity contribution in [1.29, 1.82) is 0 Å². The van der Waals surface area contributed by atoms with Crippen LogP contribution in [0.5, 0.6) is 0 Å². The van der Waals surface area contributed by atoms with Gasteiger partial charge in [-0.3, -0.25) is 57.3 Å². The summed E-state index contributed by atoms with van der Waals surface area (Å²) in [6.07, 6.45) is 5.05. The van der Waals surface area contributed by atoms with Crippen LogP contribution in [0, 0.1) is 5.92 Å². The number of hydrogen-bond donors (Lipinski definition) is 14. The number of unbranched alkanes of at least 4 members (excludes halogenated alkanes) is 2. The minimum atomic E-state index is -5.43. The summed E-state index contributed by atoms with van der Waals surface area (Å²) in [4.78, 5) is 183. The molecular formula is C65H92N13O16PS. The number of carbonyl (C=O) groups is 12. The van der Waals surface area contributed by atoms with Gasteiger partial charge in [-0.15, -0.1) is 0 Å². The highest BCUT2D eigenvalue weighted by molar-refractivity contribution is 8.00. The van der Waals surface area contributed by atoms with Crippen LogP contribution in [-0.2, 0) is 81.2 Å². The van der Waals surface area contributed by atoms with Crippen molar-refractivity contribution in [1.82, 2.24) is 58.1 Å². The molecule has 3 heterocycles. The largest absolute Gasteiger partial charge is 0.469 e. The highest BCUT2D eigenvalue weighted by Crippen LogP contribution is 2.39. The normalized spacial score (nSPS) is 20.1. The van der Waals surface area contributed by atoms with Crippen molar-refractivity contribution in [3.8, 4) is 0 Å². The number of urea groups is 1. The van der Waals surface area contributed by atoms with Crippen LogP contribution in [0.3, 0.4) is 0 Å². The van der Waals surface area contributed by atoms with Crippen LogP contribution in [0.2, 0.25) is 0 Å². The fourth-order valence-electron chi connectivity index (χ4n) is 12.6. The van der Waals surface area contributed by atoms with Gasteiger partial charge in [0.1, 0.15) is 48.3 Å². The first-order chi connectivity index (χ1) is 45.6. The molecule has 7 rings (SSSR count). The number of carbonyl (C=O) groups excluding carboxylic acids is 12. The number of nitrogens with zero attached hydrogens (tertiary/aromatic N) is 1. The van der Waals surface area contributed by atoms with Crippen molar-refractivity contribution in [2.24, 2.45) is 17.4 Å². The molecule has 16 N–H and O–H groups in total. The summed E-state index contributed by atoms with van der Waals surface area (Å²) < 4.78 is 17.6. The van der Waals surface area contributed by atoms with Gasteiger partial charge in [0.05, 0.1) is 18.2 Å². The smallest absolute Gasteiger partial charge is 0.370 e. The zero-order valence-electron chi connectivity index (χ0n) is 54.6. The average Bonchev–Trinajstić information content (AvgIpc) is 1.03. The predicted octanol–water partition coefficient (Wildman–Crippen LogP) is 1.02. The van der Waals surface area contributed by atoms with Crippen molar-refractivity contribution < 1.29 is 76.4 Å². The maximum absolute atomic E-state index is 15.4. The number of nitrogens with two attached hydrogens (primary N) is 2. The number of thioether (sulfide) groups is 1. The second kappa shape index (κ2) is 35.7. The van der Waals surface area contributed by atoms with Crippen molar-refractivity contribution in [3.05, 3.63) is 83.4 Å². The summed E-state index contributed by atoms with van der Waals surface area (Å²) >= 11 is 1.82. The van der Waals surface area contributed by atoms with E-state index in [4.69, 9.17) is 16.0 Å². The van der Waals surface area contributed by atoms with Gasteiger partial charge in [0.25, 0.3) is 0 Å². The van der Waals surface area contributed by atoms with Gasteiger partial charge in [-0.2, -0.15) is 11.8 Å². The Bertz CT molecular complexity index is 3370. The molecule has 3 aliphatic heterocycles. The van der Waals surface area contributed by atoms with Gasteiger partial charge >= 0.3 is 13.9 Å². The predicted molar refractivity (Wildman–Crippen MR) is 355 cm³/mol. The van der Waals surface area contributed by atoms with E-state index in [1.807, 2.05) is 48.2 Å². The van der Waals surface area contributed by atoms with E-state index in [-0.39, 0.29) is 75.0 Å². The Labute approximate surface area is 561 Å². The Hall–Kier alpha value is -8.18. The number of nitrogens with one attached hydrogen (secondary N) is 10. The van der Waals surface area contributed by atoms with Gasteiger partial charge in [-0.25, -0.2) is 9.36 Å². The van der Waals surface area contributed by atoms with Crippen LogP contribution >= 0.6 is 19.6 Å². The summed E-state index contributed by atoms with van der Waals surface area (Å²) in [5, 5.41) is 29.1. The molecule has 0 spiro atoms. The topological polar surface area (TPSA) is 447 Å². The molecule has 1 aliphatic carbocycles. The third-order valence-corrected chi connectivity index (χ3v) is 20.0. The van der Waals surface area contributed by atoms with Gasteiger partial charge in [0.2, 0.25) is 65.0 Å². The minimum Gasteiger partial charge on any atom is -0.370 e. The zero-order valence-corrected chi connectivity index (χ0v) is 56.3. The molecule has 96 heavy (non-hydrogen) atoms. The lowest BCUT2D eigenvalue weighted by atomic mass is 9.84. The molecule has 4 aliphatic rings. The Kier molecular flexibility index (Phi) is 28.0. The summed E-state index contributed by atoms with van der Waals surface area (Å²) in [5.41, 5.74) is 12.8. The molecule has 3 aromatic carbocycles. The van der Waals surface area contributed by atoms with Gasteiger partial charge in [0, 0.05) is 56.7 Å². The molecule has 524 valence electrons. The van der Waals surface area contributed by atoms with Crippen LogP contribution in [-0.4, -0.2) is 170 Å². The minimum absolute atomic E-state index is 0.0284. The molecule has 31 heteroatoms. The molecule has 12 atom stereocenters. The molecule has 0 unspecified atom stereocenters. The van der Waals surface area contributed by atoms with E-state index >= 15 is 9.59 Å². The Morgan fingerprint density at radius 3 is 2.02 bits per heavy atom. The molecule has 0 aromatic heterocycles. The fraction of sp³-hybridized carbons (Fsp3) is 0.569. The second-order valence-electron chi connectivity index (χ2n) is 25.4. The first kappa shape index (κ1) is 75.2. The number of hydrogen-bond acceptors (Lipinski definition) is 15. The van der Waals surface area contributed by atoms with E-state index in [1.54, 1.807) is 30.3 Å². The lowest BCUT2D eigenvalue weighted by molar-refractivity contribution is -0.147. The average molecular weight is 1370 g/mol.